The van der Waals surface area contributed by atoms with Crippen LogP contribution in [-0.2, 0) is 6.42 Å². The Bertz CT molecular complexity index is 314. The zero-order chi connectivity index (χ0) is 9.97. The van der Waals surface area contributed by atoms with E-state index < -0.39 is 0 Å². The maximum absolute atomic E-state index is 6.07. The molecule has 2 rings (SSSR count). The molecule has 2 unspecified atom stereocenters. The van der Waals surface area contributed by atoms with Gasteiger partial charge in [0.1, 0.15) is 0 Å². The second-order valence-corrected chi connectivity index (χ2v) is 4.97. The highest BCUT2D eigenvalue weighted by Crippen LogP contribution is 2.32. The van der Waals surface area contributed by atoms with Crippen LogP contribution in [0.5, 0.6) is 0 Å². The molecule has 0 spiro atoms. The van der Waals surface area contributed by atoms with Gasteiger partial charge in [0.15, 0.2) is 0 Å². The van der Waals surface area contributed by atoms with Gasteiger partial charge in [0, 0.05) is 17.8 Å². The summed E-state index contributed by atoms with van der Waals surface area (Å²) in [4.78, 5) is 3.98. The Labute approximate surface area is 94.4 Å². The first-order valence-corrected chi connectivity index (χ1v) is 5.79. The summed E-state index contributed by atoms with van der Waals surface area (Å²) in [6.45, 7) is 0. The molecule has 1 fully saturated rings. The first-order chi connectivity index (χ1) is 6.75. The molecule has 0 aliphatic heterocycles. The summed E-state index contributed by atoms with van der Waals surface area (Å²) >= 11 is 12.1. The quantitative estimate of drug-likeness (QED) is 0.706. The zero-order valence-corrected chi connectivity index (χ0v) is 9.43. The minimum absolute atomic E-state index is 0.376. The summed E-state index contributed by atoms with van der Waals surface area (Å²) in [7, 11) is 0. The van der Waals surface area contributed by atoms with Crippen molar-refractivity contribution >= 4 is 23.2 Å². The lowest BCUT2D eigenvalue weighted by molar-refractivity contribution is 0.547. The van der Waals surface area contributed by atoms with Crippen LogP contribution in [0.1, 0.15) is 24.8 Å². The third-order valence-corrected chi connectivity index (χ3v) is 3.58. The van der Waals surface area contributed by atoms with Gasteiger partial charge in [-0.15, -0.1) is 11.6 Å². The number of nitrogens with zero attached hydrogens (tertiary/aromatic N) is 1. The highest BCUT2D eigenvalue weighted by atomic mass is 35.5. The lowest BCUT2D eigenvalue weighted by Crippen LogP contribution is -2.01. The minimum atomic E-state index is 0.376. The lowest BCUT2D eigenvalue weighted by Gasteiger charge is -2.09. The molecule has 0 aromatic carbocycles. The molecular weight excluding hydrogens is 217 g/mol. The van der Waals surface area contributed by atoms with Gasteiger partial charge in [-0.2, -0.15) is 0 Å². The highest BCUT2D eigenvalue weighted by Gasteiger charge is 2.23. The fraction of sp³-hybridized carbons (Fsp3) is 0.545. The van der Waals surface area contributed by atoms with E-state index in [0.717, 1.165) is 24.3 Å². The Kier molecular flexibility index (Phi) is 3.30. The molecule has 3 heteroatoms. The van der Waals surface area contributed by atoms with Crippen LogP contribution in [0.15, 0.2) is 18.5 Å². The van der Waals surface area contributed by atoms with Crippen LogP contribution in [0.25, 0.3) is 0 Å². The van der Waals surface area contributed by atoms with Crippen molar-refractivity contribution in [2.75, 3.05) is 0 Å². The summed E-state index contributed by atoms with van der Waals surface area (Å²) < 4.78 is 0. The van der Waals surface area contributed by atoms with Gasteiger partial charge in [-0.05, 0) is 43.2 Å². The van der Waals surface area contributed by atoms with Gasteiger partial charge in [-0.25, -0.2) is 0 Å². The van der Waals surface area contributed by atoms with Crippen LogP contribution in [0.3, 0.4) is 0 Å². The normalized spacial score (nSPS) is 26.7. The number of halogens is 2. The van der Waals surface area contributed by atoms with E-state index >= 15 is 0 Å². The van der Waals surface area contributed by atoms with Crippen LogP contribution in [0.2, 0.25) is 5.02 Å². The highest BCUT2D eigenvalue weighted by molar-refractivity contribution is 6.31. The number of aromatic nitrogens is 1. The Morgan fingerprint density at radius 1 is 1.43 bits per heavy atom. The van der Waals surface area contributed by atoms with Crippen molar-refractivity contribution < 1.29 is 0 Å². The van der Waals surface area contributed by atoms with Crippen LogP contribution in [0.4, 0.5) is 0 Å². The van der Waals surface area contributed by atoms with Crippen molar-refractivity contribution in [1.82, 2.24) is 4.98 Å². The monoisotopic (exact) mass is 229 g/mol. The predicted molar refractivity (Wildman–Crippen MR) is 59.9 cm³/mol. The van der Waals surface area contributed by atoms with E-state index in [1.165, 1.54) is 12.0 Å². The maximum Gasteiger partial charge on any atom is 0.0621 e. The van der Waals surface area contributed by atoms with E-state index in [2.05, 4.69) is 4.98 Å². The Morgan fingerprint density at radius 3 is 2.93 bits per heavy atom. The van der Waals surface area contributed by atoms with Gasteiger partial charge in [-0.3, -0.25) is 4.98 Å². The average molecular weight is 230 g/mol. The third kappa shape index (κ3) is 2.40. The van der Waals surface area contributed by atoms with Gasteiger partial charge in [0.05, 0.1) is 5.02 Å². The lowest BCUT2D eigenvalue weighted by atomic mass is 9.99. The van der Waals surface area contributed by atoms with E-state index in [1.54, 1.807) is 12.4 Å². The van der Waals surface area contributed by atoms with Crippen LogP contribution >= 0.6 is 23.2 Å². The van der Waals surface area contributed by atoms with Crippen molar-refractivity contribution in [1.29, 1.82) is 0 Å². The molecule has 1 aliphatic rings. The topological polar surface area (TPSA) is 12.9 Å². The molecule has 1 saturated carbocycles. The zero-order valence-electron chi connectivity index (χ0n) is 7.92. The smallest absolute Gasteiger partial charge is 0.0621 e. The second-order valence-electron chi connectivity index (χ2n) is 3.95. The van der Waals surface area contributed by atoms with Crippen molar-refractivity contribution in [2.45, 2.75) is 31.1 Å². The van der Waals surface area contributed by atoms with Gasteiger partial charge in [-0.1, -0.05) is 11.6 Å². The molecule has 1 aliphatic carbocycles. The molecule has 1 nitrogen and oxygen atoms in total. The van der Waals surface area contributed by atoms with E-state index in [1.807, 2.05) is 6.07 Å². The third-order valence-electron chi connectivity index (χ3n) is 2.84. The second kappa shape index (κ2) is 4.50. The van der Waals surface area contributed by atoms with Gasteiger partial charge in [0.25, 0.3) is 0 Å². The fourth-order valence-corrected chi connectivity index (χ4v) is 2.65. The van der Waals surface area contributed by atoms with Crippen molar-refractivity contribution in [3.05, 3.63) is 29.0 Å². The molecule has 0 radical (unpaired) electrons. The Hall–Kier alpha value is -0.270. The van der Waals surface area contributed by atoms with Gasteiger partial charge in [0.2, 0.25) is 0 Å². The minimum Gasteiger partial charge on any atom is -0.263 e. The Balaban J connectivity index is 2.01. The first-order valence-electron chi connectivity index (χ1n) is 4.98. The molecule has 1 aromatic rings. The summed E-state index contributed by atoms with van der Waals surface area (Å²) in [5.74, 6) is 0.706. The van der Waals surface area contributed by atoms with Crippen LogP contribution in [-0.4, -0.2) is 10.4 Å². The van der Waals surface area contributed by atoms with E-state index in [0.29, 0.717) is 11.3 Å². The molecule has 2 atom stereocenters. The van der Waals surface area contributed by atoms with Gasteiger partial charge < -0.3 is 0 Å². The van der Waals surface area contributed by atoms with Gasteiger partial charge >= 0.3 is 0 Å². The number of rotatable bonds is 2. The first kappa shape index (κ1) is 10.3. The molecule has 0 amide bonds. The predicted octanol–water partition coefficient (Wildman–Crippen LogP) is 3.69. The molecule has 14 heavy (non-hydrogen) atoms. The molecular formula is C11H13Cl2N. The van der Waals surface area contributed by atoms with Crippen LogP contribution in [0, 0.1) is 5.92 Å². The van der Waals surface area contributed by atoms with Crippen LogP contribution < -0.4 is 0 Å². The summed E-state index contributed by atoms with van der Waals surface area (Å²) in [6, 6.07) is 2.00. The molecule has 76 valence electrons. The van der Waals surface area contributed by atoms with E-state index in [9.17, 15) is 0 Å². The fourth-order valence-electron chi connectivity index (χ4n) is 2.08. The Morgan fingerprint density at radius 2 is 2.29 bits per heavy atom. The van der Waals surface area contributed by atoms with Crippen molar-refractivity contribution in [3.8, 4) is 0 Å². The molecule has 0 bridgehead atoms. The van der Waals surface area contributed by atoms with Crippen molar-refractivity contribution in [3.63, 3.8) is 0 Å². The maximum atomic E-state index is 6.07. The molecule has 1 aromatic heterocycles. The summed E-state index contributed by atoms with van der Waals surface area (Å²) in [5.41, 5.74) is 1.21. The average Bonchev–Trinajstić information content (AvgIpc) is 2.56. The molecule has 0 saturated heterocycles. The summed E-state index contributed by atoms with van der Waals surface area (Å²) in [6.07, 6.45) is 8.06. The summed E-state index contributed by atoms with van der Waals surface area (Å²) in [5, 5.41) is 1.16. The molecule has 1 heterocycles. The largest absolute Gasteiger partial charge is 0.263 e. The standard InChI is InChI=1S/C11H13Cl2N/c12-10-2-1-8(6-10)5-9-3-4-14-7-11(9)13/h3-4,7-8,10H,1-2,5-6H2. The number of alkyl halides is 1. The number of hydrogen-bond acceptors (Lipinski definition) is 1. The SMILES string of the molecule is Clc1cnccc1CC1CCC(Cl)C1. The van der Waals surface area contributed by atoms with Crippen molar-refractivity contribution in [2.24, 2.45) is 5.92 Å². The number of hydrogen-bond donors (Lipinski definition) is 0. The van der Waals surface area contributed by atoms with E-state index in [4.69, 9.17) is 23.2 Å². The molecule has 0 N–H and O–H groups in total. The number of pyridine rings is 1. The van der Waals surface area contributed by atoms with E-state index in [-0.39, 0.29) is 0 Å².